The van der Waals surface area contributed by atoms with Crippen LogP contribution in [0.3, 0.4) is 0 Å². The summed E-state index contributed by atoms with van der Waals surface area (Å²) in [6.45, 7) is 1.70. The molecule has 0 aliphatic rings. The fourth-order valence-electron chi connectivity index (χ4n) is 1.11. The van der Waals surface area contributed by atoms with Crippen molar-refractivity contribution in [3.63, 3.8) is 0 Å². The van der Waals surface area contributed by atoms with Gasteiger partial charge in [0.2, 0.25) is 0 Å². The molecule has 1 heterocycles. The molecule has 0 spiro atoms. The van der Waals surface area contributed by atoms with Crippen LogP contribution in [0.1, 0.15) is 23.0 Å². The van der Waals surface area contributed by atoms with Gasteiger partial charge in [-0.1, -0.05) is 6.92 Å². The average molecular weight is 243 g/mol. The predicted octanol–water partition coefficient (Wildman–Crippen LogP) is 1.35. The molecule has 0 fully saturated rings. The first-order valence-corrected chi connectivity index (χ1v) is 5.62. The Kier molecular flexibility index (Phi) is 4.30. The molecule has 0 bridgehead atoms. The van der Waals surface area contributed by atoms with E-state index in [0.29, 0.717) is 17.0 Å². The molecule has 6 heteroatoms. The number of ether oxygens (including phenoxy) is 1. The van der Waals surface area contributed by atoms with Crippen LogP contribution >= 0.6 is 11.3 Å². The number of aliphatic carboxylic acids is 1. The molecule has 16 heavy (non-hydrogen) atoms. The maximum absolute atomic E-state index is 11.6. The monoisotopic (exact) mass is 243 g/mol. The first kappa shape index (κ1) is 12.5. The van der Waals surface area contributed by atoms with Crippen molar-refractivity contribution >= 4 is 23.2 Å². The Bertz CT molecular complexity index is 388. The molecule has 1 aromatic rings. The van der Waals surface area contributed by atoms with Crippen LogP contribution in [0.4, 0.5) is 0 Å². The molecule has 0 saturated heterocycles. The van der Waals surface area contributed by atoms with E-state index in [2.05, 4.69) is 5.32 Å². The van der Waals surface area contributed by atoms with Crippen molar-refractivity contribution in [2.24, 2.45) is 0 Å². The van der Waals surface area contributed by atoms with Crippen LogP contribution in [0.2, 0.25) is 0 Å². The molecule has 0 saturated carbocycles. The second kappa shape index (κ2) is 5.50. The topological polar surface area (TPSA) is 75.6 Å². The Morgan fingerprint density at radius 3 is 2.75 bits per heavy atom. The van der Waals surface area contributed by atoms with Gasteiger partial charge in [-0.2, -0.15) is 0 Å². The smallest absolute Gasteiger partial charge is 0.326 e. The molecule has 1 amide bonds. The lowest BCUT2D eigenvalue weighted by Gasteiger charge is -2.10. The summed E-state index contributed by atoms with van der Waals surface area (Å²) in [6.07, 6.45) is 0.351. The largest absolute Gasteiger partial charge is 0.496 e. The van der Waals surface area contributed by atoms with Gasteiger partial charge in [0.15, 0.2) is 0 Å². The number of hydrogen-bond donors (Lipinski definition) is 2. The van der Waals surface area contributed by atoms with Crippen LogP contribution < -0.4 is 10.1 Å². The van der Waals surface area contributed by atoms with Gasteiger partial charge < -0.3 is 15.2 Å². The second-order valence-electron chi connectivity index (χ2n) is 3.12. The van der Waals surface area contributed by atoms with Gasteiger partial charge in [-0.15, -0.1) is 11.3 Å². The minimum atomic E-state index is -1.03. The third-order valence-corrected chi connectivity index (χ3v) is 2.95. The lowest BCUT2D eigenvalue weighted by atomic mass is 10.2. The van der Waals surface area contributed by atoms with E-state index in [4.69, 9.17) is 9.84 Å². The molecule has 1 atom stereocenters. The zero-order valence-electron chi connectivity index (χ0n) is 9.02. The maximum atomic E-state index is 11.6. The Morgan fingerprint density at radius 1 is 1.62 bits per heavy atom. The summed E-state index contributed by atoms with van der Waals surface area (Å²) in [4.78, 5) is 22.8. The van der Waals surface area contributed by atoms with Crippen LogP contribution in [0.25, 0.3) is 0 Å². The van der Waals surface area contributed by atoms with Crippen molar-refractivity contribution in [3.8, 4) is 5.75 Å². The minimum Gasteiger partial charge on any atom is -0.496 e. The van der Waals surface area contributed by atoms with Crippen molar-refractivity contribution in [1.82, 2.24) is 5.32 Å². The normalized spacial score (nSPS) is 11.9. The van der Waals surface area contributed by atoms with E-state index < -0.39 is 12.0 Å². The molecule has 0 aliphatic heterocycles. The van der Waals surface area contributed by atoms with E-state index in [-0.39, 0.29) is 5.91 Å². The zero-order valence-corrected chi connectivity index (χ0v) is 9.84. The number of nitrogens with one attached hydrogen (secondary N) is 1. The predicted molar refractivity (Wildman–Crippen MR) is 60.1 cm³/mol. The average Bonchev–Trinajstić information content (AvgIpc) is 2.73. The lowest BCUT2D eigenvalue weighted by Crippen LogP contribution is -2.39. The molecule has 5 nitrogen and oxygen atoms in total. The van der Waals surface area contributed by atoms with Crippen LogP contribution in [0.15, 0.2) is 11.4 Å². The van der Waals surface area contributed by atoms with Gasteiger partial charge in [0, 0.05) is 11.4 Å². The van der Waals surface area contributed by atoms with Crippen molar-refractivity contribution in [2.75, 3.05) is 7.11 Å². The van der Waals surface area contributed by atoms with Gasteiger partial charge in [-0.3, -0.25) is 4.79 Å². The number of carbonyl (C=O) groups is 2. The fourth-order valence-corrected chi connectivity index (χ4v) is 1.87. The number of carboxylic acid groups (broad SMARTS) is 1. The summed E-state index contributed by atoms with van der Waals surface area (Å²) in [6, 6.07) is 0.731. The van der Waals surface area contributed by atoms with E-state index in [1.165, 1.54) is 18.4 Å². The molecular formula is C10H13NO4S. The van der Waals surface area contributed by atoms with E-state index in [0.717, 1.165) is 0 Å². The highest BCUT2D eigenvalue weighted by Crippen LogP contribution is 2.20. The lowest BCUT2D eigenvalue weighted by molar-refractivity contribution is -0.139. The zero-order chi connectivity index (χ0) is 12.1. The Labute approximate surface area is 97.0 Å². The van der Waals surface area contributed by atoms with E-state index in [9.17, 15) is 9.59 Å². The number of methoxy groups -OCH3 is 1. The van der Waals surface area contributed by atoms with Crippen LogP contribution in [-0.2, 0) is 4.79 Å². The number of thiophene rings is 1. The molecule has 1 aromatic heterocycles. The van der Waals surface area contributed by atoms with Crippen LogP contribution in [-0.4, -0.2) is 30.1 Å². The number of hydrogen-bond acceptors (Lipinski definition) is 4. The van der Waals surface area contributed by atoms with Gasteiger partial charge >= 0.3 is 5.97 Å². The molecule has 0 aliphatic carbocycles. The van der Waals surface area contributed by atoms with Gasteiger partial charge in [-0.25, -0.2) is 4.79 Å². The van der Waals surface area contributed by atoms with Gasteiger partial charge in [0.05, 0.1) is 12.0 Å². The second-order valence-corrected chi connectivity index (χ2v) is 4.03. The highest BCUT2D eigenvalue weighted by Gasteiger charge is 2.19. The molecule has 0 radical (unpaired) electrons. The van der Waals surface area contributed by atoms with Crippen molar-refractivity contribution in [1.29, 1.82) is 0 Å². The van der Waals surface area contributed by atoms with Gasteiger partial charge in [-0.05, 0) is 6.42 Å². The molecular weight excluding hydrogens is 230 g/mol. The third-order valence-electron chi connectivity index (χ3n) is 2.05. The molecule has 0 aromatic carbocycles. The SMILES string of the molecule is CCC(NC(=O)c1cc(OC)cs1)C(=O)O. The van der Waals surface area contributed by atoms with Crippen molar-refractivity contribution in [2.45, 2.75) is 19.4 Å². The fraction of sp³-hybridized carbons (Fsp3) is 0.400. The van der Waals surface area contributed by atoms with E-state index in [1.807, 2.05) is 0 Å². The first-order chi connectivity index (χ1) is 7.58. The molecule has 1 rings (SSSR count). The third kappa shape index (κ3) is 2.96. The number of rotatable bonds is 5. The maximum Gasteiger partial charge on any atom is 0.326 e. The summed E-state index contributed by atoms with van der Waals surface area (Å²) < 4.78 is 4.94. The van der Waals surface area contributed by atoms with Gasteiger partial charge in [0.25, 0.3) is 5.91 Å². The summed E-state index contributed by atoms with van der Waals surface area (Å²) in [7, 11) is 1.51. The van der Waals surface area contributed by atoms with Gasteiger partial charge in [0.1, 0.15) is 11.8 Å². The number of amides is 1. The molecule has 88 valence electrons. The summed E-state index contributed by atoms with van der Waals surface area (Å²) in [5.41, 5.74) is 0. The molecule has 2 N–H and O–H groups in total. The number of carbonyl (C=O) groups excluding carboxylic acids is 1. The van der Waals surface area contributed by atoms with Crippen molar-refractivity contribution < 1.29 is 19.4 Å². The molecule has 1 unspecified atom stereocenters. The van der Waals surface area contributed by atoms with Crippen LogP contribution in [0, 0.1) is 0 Å². The Morgan fingerprint density at radius 2 is 2.31 bits per heavy atom. The first-order valence-electron chi connectivity index (χ1n) is 4.74. The highest BCUT2D eigenvalue weighted by atomic mass is 32.1. The van der Waals surface area contributed by atoms with E-state index in [1.54, 1.807) is 18.4 Å². The summed E-state index contributed by atoms with van der Waals surface area (Å²) in [5, 5.41) is 12.9. The highest BCUT2D eigenvalue weighted by molar-refractivity contribution is 7.12. The van der Waals surface area contributed by atoms with Crippen molar-refractivity contribution in [3.05, 3.63) is 16.3 Å². The standard InChI is InChI=1S/C10H13NO4S/c1-3-7(10(13)14)11-9(12)8-4-6(15-2)5-16-8/h4-5,7H,3H2,1-2H3,(H,11,12)(H,13,14). The number of carboxylic acids is 1. The Hall–Kier alpha value is -1.56. The Balaban J connectivity index is 2.67. The summed E-state index contributed by atoms with van der Waals surface area (Å²) in [5.74, 6) is -0.819. The van der Waals surface area contributed by atoms with Crippen LogP contribution in [0.5, 0.6) is 5.75 Å². The quantitative estimate of drug-likeness (QED) is 0.818. The minimum absolute atomic E-state index is 0.351. The van der Waals surface area contributed by atoms with E-state index >= 15 is 0 Å². The summed E-state index contributed by atoms with van der Waals surface area (Å²) >= 11 is 1.22.